The molecule has 0 heterocycles. The standard InChI is InChI=1S/C19H19F3O4S/c1-12-7-5-8-13(11-12)27(24,25)15-10-6-9-14(19(20,21)22)16(15)17(23)26-18(2,3)4/h5-11H,1-4H3. The minimum Gasteiger partial charge on any atom is -0.456 e. The molecule has 0 saturated carbocycles. The number of carbonyl (C=O) groups is 1. The number of hydrogen-bond donors (Lipinski definition) is 0. The van der Waals surface area contributed by atoms with E-state index in [1.54, 1.807) is 13.0 Å². The van der Waals surface area contributed by atoms with E-state index in [0.717, 1.165) is 12.1 Å². The molecule has 0 bridgehead atoms. The van der Waals surface area contributed by atoms with Crippen molar-refractivity contribution in [3.8, 4) is 0 Å². The van der Waals surface area contributed by atoms with E-state index in [0.29, 0.717) is 11.6 Å². The van der Waals surface area contributed by atoms with Crippen molar-refractivity contribution < 1.29 is 31.1 Å². The number of halogens is 3. The van der Waals surface area contributed by atoms with Gasteiger partial charge in [-0.15, -0.1) is 0 Å². The number of aryl methyl sites for hydroxylation is 1. The first kappa shape index (κ1) is 21.0. The van der Waals surface area contributed by atoms with Crippen LogP contribution in [0.2, 0.25) is 0 Å². The second-order valence-electron chi connectivity index (χ2n) is 7.00. The van der Waals surface area contributed by atoms with Crippen LogP contribution in [-0.4, -0.2) is 20.0 Å². The molecule has 8 heteroatoms. The minimum atomic E-state index is -4.93. The van der Waals surface area contributed by atoms with E-state index in [9.17, 15) is 26.4 Å². The zero-order chi connectivity index (χ0) is 20.6. The third kappa shape index (κ3) is 4.68. The molecule has 0 aliphatic heterocycles. The summed E-state index contributed by atoms with van der Waals surface area (Å²) in [4.78, 5) is 11.6. The van der Waals surface area contributed by atoms with Crippen molar-refractivity contribution in [2.75, 3.05) is 0 Å². The number of ether oxygens (including phenoxy) is 1. The average Bonchev–Trinajstić information content (AvgIpc) is 2.51. The summed E-state index contributed by atoms with van der Waals surface area (Å²) in [5, 5.41) is 0. The van der Waals surface area contributed by atoms with Gasteiger partial charge >= 0.3 is 12.1 Å². The highest BCUT2D eigenvalue weighted by Gasteiger charge is 2.40. The minimum absolute atomic E-state index is 0.202. The van der Waals surface area contributed by atoms with Gasteiger partial charge in [0.15, 0.2) is 0 Å². The van der Waals surface area contributed by atoms with E-state index in [2.05, 4.69) is 0 Å². The van der Waals surface area contributed by atoms with Gasteiger partial charge in [0, 0.05) is 0 Å². The highest BCUT2D eigenvalue weighted by molar-refractivity contribution is 7.91. The summed E-state index contributed by atoms with van der Waals surface area (Å²) in [5.41, 5.74) is -2.85. The summed E-state index contributed by atoms with van der Waals surface area (Å²) in [6.07, 6.45) is -4.93. The highest BCUT2D eigenvalue weighted by atomic mass is 32.2. The van der Waals surface area contributed by atoms with Crippen LogP contribution in [0.15, 0.2) is 52.3 Å². The Labute approximate surface area is 155 Å². The lowest BCUT2D eigenvalue weighted by molar-refractivity contribution is -0.138. The van der Waals surface area contributed by atoms with Gasteiger partial charge in [0.25, 0.3) is 0 Å². The fourth-order valence-corrected chi connectivity index (χ4v) is 4.01. The largest absolute Gasteiger partial charge is 0.456 e. The van der Waals surface area contributed by atoms with Gasteiger partial charge in [-0.25, -0.2) is 13.2 Å². The zero-order valence-corrected chi connectivity index (χ0v) is 16.0. The van der Waals surface area contributed by atoms with Crippen LogP contribution in [-0.2, 0) is 20.8 Å². The van der Waals surface area contributed by atoms with Gasteiger partial charge in [-0.3, -0.25) is 0 Å². The molecular weight excluding hydrogens is 381 g/mol. The van der Waals surface area contributed by atoms with Crippen molar-refractivity contribution in [3.63, 3.8) is 0 Å². The van der Waals surface area contributed by atoms with Gasteiger partial charge in [-0.1, -0.05) is 18.2 Å². The Morgan fingerprint density at radius 1 is 1.00 bits per heavy atom. The third-order valence-electron chi connectivity index (χ3n) is 3.52. The summed E-state index contributed by atoms with van der Waals surface area (Å²) >= 11 is 0. The summed E-state index contributed by atoms with van der Waals surface area (Å²) in [5.74, 6) is -1.35. The van der Waals surface area contributed by atoms with Crippen LogP contribution in [0.25, 0.3) is 0 Å². The van der Waals surface area contributed by atoms with Crippen molar-refractivity contribution in [1.82, 2.24) is 0 Å². The van der Waals surface area contributed by atoms with Crippen LogP contribution in [0.3, 0.4) is 0 Å². The molecule has 2 aromatic carbocycles. The van der Waals surface area contributed by atoms with Crippen LogP contribution in [0.1, 0.15) is 42.3 Å². The fourth-order valence-electron chi connectivity index (χ4n) is 2.44. The molecule has 0 fully saturated rings. The average molecular weight is 400 g/mol. The fraction of sp³-hybridized carbons (Fsp3) is 0.316. The van der Waals surface area contributed by atoms with Crippen molar-refractivity contribution in [2.24, 2.45) is 0 Å². The number of carbonyl (C=O) groups excluding carboxylic acids is 1. The maximum atomic E-state index is 13.5. The Kier molecular flexibility index (Phi) is 5.43. The third-order valence-corrected chi connectivity index (χ3v) is 5.32. The van der Waals surface area contributed by atoms with Gasteiger partial charge in [0.05, 0.1) is 20.9 Å². The maximum Gasteiger partial charge on any atom is 0.417 e. The van der Waals surface area contributed by atoms with E-state index in [-0.39, 0.29) is 4.90 Å². The normalized spacial score (nSPS) is 12.7. The number of alkyl halides is 3. The van der Waals surface area contributed by atoms with E-state index < -0.39 is 43.6 Å². The molecular formula is C19H19F3O4S. The van der Waals surface area contributed by atoms with Crippen molar-refractivity contribution in [2.45, 2.75) is 49.3 Å². The lowest BCUT2D eigenvalue weighted by atomic mass is 10.1. The lowest BCUT2D eigenvalue weighted by Crippen LogP contribution is -2.27. The number of esters is 1. The first-order valence-corrected chi connectivity index (χ1v) is 9.47. The van der Waals surface area contributed by atoms with Crippen LogP contribution < -0.4 is 0 Å². The Morgan fingerprint density at radius 3 is 2.11 bits per heavy atom. The monoisotopic (exact) mass is 400 g/mol. The van der Waals surface area contributed by atoms with Gasteiger partial charge < -0.3 is 4.74 Å². The van der Waals surface area contributed by atoms with E-state index in [1.165, 1.54) is 39.0 Å². The first-order chi connectivity index (χ1) is 12.2. The summed E-state index contributed by atoms with van der Waals surface area (Å²) in [7, 11) is -4.38. The molecule has 27 heavy (non-hydrogen) atoms. The molecule has 4 nitrogen and oxygen atoms in total. The molecule has 0 N–H and O–H groups in total. The first-order valence-electron chi connectivity index (χ1n) is 7.99. The van der Waals surface area contributed by atoms with Gasteiger partial charge in [-0.05, 0) is 57.5 Å². The molecule has 0 aliphatic rings. The lowest BCUT2D eigenvalue weighted by Gasteiger charge is -2.22. The topological polar surface area (TPSA) is 60.4 Å². The second-order valence-corrected chi connectivity index (χ2v) is 8.92. The predicted molar refractivity (Wildman–Crippen MR) is 93.2 cm³/mol. The predicted octanol–water partition coefficient (Wildman–Crippen LogP) is 4.80. The van der Waals surface area contributed by atoms with Crippen LogP contribution in [0.4, 0.5) is 13.2 Å². The van der Waals surface area contributed by atoms with Crippen molar-refractivity contribution >= 4 is 15.8 Å². The number of sulfone groups is 1. The quantitative estimate of drug-likeness (QED) is 0.695. The molecule has 0 aromatic heterocycles. The highest BCUT2D eigenvalue weighted by Crippen LogP contribution is 2.37. The molecule has 0 spiro atoms. The molecule has 0 unspecified atom stereocenters. The Balaban J connectivity index is 2.79. The second kappa shape index (κ2) is 6.99. The molecule has 0 aliphatic carbocycles. The van der Waals surface area contributed by atoms with Gasteiger partial charge in [0.2, 0.25) is 9.84 Å². The Hall–Kier alpha value is -2.35. The van der Waals surface area contributed by atoms with E-state index in [4.69, 9.17) is 4.74 Å². The Bertz CT molecular complexity index is 971. The Morgan fingerprint density at radius 2 is 1.59 bits per heavy atom. The SMILES string of the molecule is Cc1cccc(S(=O)(=O)c2cccc(C(F)(F)F)c2C(=O)OC(C)(C)C)c1. The van der Waals surface area contributed by atoms with Crippen LogP contribution >= 0.6 is 0 Å². The van der Waals surface area contributed by atoms with Gasteiger partial charge in [0.1, 0.15) is 5.60 Å². The number of rotatable bonds is 3. The van der Waals surface area contributed by atoms with E-state index >= 15 is 0 Å². The summed E-state index contributed by atoms with van der Waals surface area (Å²) < 4.78 is 71.4. The molecule has 0 amide bonds. The van der Waals surface area contributed by atoms with Crippen LogP contribution in [0.5, 0.6) is 0 Å². The smallest absolute Gasteiger partial charge is 0.417 e. The molecule has 0 atom stereocenters. The molecule has 0 radical (unpaired) electrons. The molecule has 2 aromatic rings. The van der Waals surface area contributed by atoms with Crippen molar-refractivity contribution in [3.05, 3.63) is 59.2 Å². The molecule has 146 valence electrons. The summed E-state index contributed by atoms with van der Waals surface area (Å²) in [6, 6.07) is 8.32. The maximum absolute atomic E-state index is 13.5. The van der Waals surface area contributed by atoms with Crippen LogP contribution in [0, 0.1) is 6.92 Å². The zero-order valence-electron chi connectivity index (χ0n) is 15.2. The van der Waals surface area contributed by atoms with E-state index in [1.807, 2.05) is 0 Å². The van der Waals surface area contributed by atoms with Gasteiger partial charge in [-0.2, -0.15) is 13.2 Å². The number of hydrogen-bond acceptors (Lipinski definition) is 4. The molecule has 2 rings (SSSR count). The summed E-state index contributed by atoms with van der Waals surface area (Å²) in [6.45, 7) is 6.10. The number of benzene rings is 2. The molecule has 0 saturated heterocycles. The van der Waals surface area contributed by atoms with Crippen molar-refractivity contribution in [1.29, 1.82) is 0 Å².